The summed E-state index contributed by atoms with van der Waals surface area (Å²) in [6, 6.07) is 11.2. The summed E-state index contributed by atoms with van der Waals surface area (Å²) in [5.41, 5.74) is 0.887. The van der Waals surface area contributed by atoms with Crippen LogP contribution in [0, 0.1) is 23.7 Å². The predicted molar refractivity (Wildman–Crippen MR) is 62.6 cm³/mol. The van der Waals surface area contributed by atoms with Crippen LogP contribution in [0.25, 0.3) is 0 Å². The molecule has 0 bridgehead atoms. The number of rotatable bonds is 4. The summed E-state index contributed by atoms with van der Waals surface area (Å²) >= 11 is 0. The van der Waals surface area contributed by atoms with Gasteiger partial charge in [-0.2, -0.15) is 5.26 Å². The van der Waals surface area contributed by atoms with Crippen LogP contribution >= 0.6 is 0 Å². The highest BCUT2D eigenvalue weighted by Gasteiger charge is 2.12. The Balaban J connectivity index is 2.48. The lowest BCUT2D eigenvalue weighted by molar-refractivity contribution is 0.105. The topological polar surface area (TPSA) is 53.3 Å². The van der Waals surface area contributed by atoms with Crippen molar-refractivity contribution in [1.82, 2.24) is 4.90 Å². The average Bonchev–Trinajstić information content (AvgIpc) is 2.37. The van der Waals surface area contributed by atoms with E-state index in [-0.39, 0.29) is 19.7 Å². The molecule has 4 heteroatoms. The number of ether oxygens (including phenoxy) is 1. The summed E-state index contributed by atoms with van der Waals surface area (Å²) in [5, 5.41) is 8.53. The number of nitrogens with zero attached hydrogens (tertiary/aromatic N) is 2. The molecule has 0 spiro atoms. The summed E-state index contributed by atoms with van der Waals surface area (Å²) in [7, 11) is 0. The molecule has 0 aromatic heterocycles. The minimum atomic E-state index is -0.576. The molecule has 4 nitrogen and oxygen atoms in total. The molecule has 0 aliphatic rings. The molecule has 0 radical (unpaired) electrons. The highest BCUT2D eigenvalue weighted by atomic mass is 16.6. The van der Waals surface area contributed by atoms with E-state index in [0.29, 0.717) is 0 Å². The number of benzene rings is 1. The highest BCUT2D eigenvalue weighted by molar-refractivity contribution is 5.68. The van der Waals surface area contributed by atoms with Gasteiger partial charge in [0, 0.05) is 0 Å². The second-order valence-electron chi connectivity index (χ2n) is 3.26. The minimum Gasteiger partial charge on any atom is -0.444 e. The number of hydrogen-bond acceptors (Lipinski definition) is 3. The second kappa shape index (κ2) is 6.92. The molecule has 0 saturated heterocycles. The summed E-state index contributed by atoms with van der Waals surface area (Å²) in [4.78, 5) is 12.7. The molecular formula is C13H12N2O2. The summed E-state index contributed by atoms with van der Waals surface area (Å²) in [6.45, 7) is 0.172. The van der Waals surface area contributed by atoms with Crippen LogP contribution in [0.5, 0.6) is 0 Å². The van der Waals surface area contributed by atoms with Crippen molar-refractivity contribution in [3.63, 3.8) is 0 Å². The van der Waals surface area contributed by atoms with Crippen LogP contribution < -0.4 is 0 Å². The van der Waals surface area contributed by atoms with Crippen molar-refractivity contribution in [3.05, 3.63) is 35.9 Å². The third-order valence-corrected chi connectivity index (χ3v) is 2.01. The fourth-order valence-corrected chi connectivity index (χ4v) is 1.19. The Kier molecular flexibility index (Phi) is 5.13. The van der Waals surface area contributed by atoms with E-state index in [4.69, 9.17) is 16.4 Å². The molecule has 0 unspecified atom stereocenters. The quantitative estimate of drug-likeness (QED) is 0.583. The van der Waals surface area contributed by atoms with E-state index in [1.54, 1.807) is 0 Å². The first kappa shape index (κ1) is 12.6. The van der Waals surface area contributed by atoms with Crippen molar-refractivity contribution in [2.24, 2.45) is 0 Å². The van der Waals surface area contributed by atoms with Gasteiger partial charge in [-0.1, -0.05) is 36.3 Å². The van der Waals surface area contributed by atoms with Crippen LogP contribution in [0.3, 0.4) is 0 Å². The van der Waals surface area contributed by atoms with E-state index >= 15 is 0 Å². The van der Waals surface area contributed by atoms with Crippen LogP contribution in [0.4, 0.5) is 4.79 Å². The fourth-order valence-electron chi connectivity index (χ4n) is 1.19. The van der Waals surface area contributed by atoms with Gasteiger partial charge in [0.05, 0.1) is 12.6 Å². The van der Waals surface area contributed by atoms with E-state index in [1.807, 2.05) is 36.4 Å². The second-order valence-corrected chi connectivity index (χ2v) is 3.26. The highest BCUT2D eigenvalue weighted by Crippen LogP contribution is 2.02. The number of amides is 1. The lowest BCUT2D eigenvalue weighted by Crippen LogP contribution is -2.32. The molecular weight excluding hydrogens is 216 g/mol. The van der Waals surface area contributed by atoms with E-state index < -0.39 is 6.09 Å². The predicted octanol–water partition coefficient (Wildman–Crippen LogP) is 1.78. The molecule has 0 aliphatic heterocycles. The normalized spacial score (nSPS) is 8.82. The lowest BCUT2D eigenvalue weighted by atomic mass is 10.2. The molecule has 0 fully saturated rings. The van der Waals surface area contributed by atoms with Gasteiger partial charge in [-0.25, -0.2) is 4.79 Å². The van der Waals surface area contributed by atoms with Crippen molar-refractivity contribution < 1.29 is 9.53 Å². The summed E-state index contributed by atoms with van der Waals surface area (Å²) in [6.07, 6.45) is 4.52. The Bertz CT molecular complexity index is 427. The standard InChI is InChI=1S/C13H12N2O2/c1-2-9-15(10-8-14)13(16)17-11-12-6-4-3-5-7-12/h1,3-7H,9-11H2. The summed E-state index contributed by atoms with van der Waals surface area (Å²) in [5.74, 6) is 2.31. The number of carbonyl (C=O) groups excluding carboxylic acids is 1. The Morgan fingerprint density at radius 1 is 1.35 bits per heavy atom. The van der Waals surface area contributed by atoms with E-state index in [2.05, 4.69) is 5.92 Å². The lowest BCUT2D eigenvalue weighted by Gasteiger charge is -2.16. The molecule has 1 aromatic rings. The molecule has 1 rings (SSSR count). The first-order chi connectivity index (χ1) is 8.27. The largest absolute Gasteiger partial charge is 0.444 e. The van der Waals surface area contributed by atoms with Crippen LogP contribution in [-0.4, -0.2) is 24.1 Å². The Morgan fingerprint density at radius 2 is 2.06 bits per heavy atom. The van der Waals surface area contributed by atoms with Crippen molar-refractivity contribution in [3.8, 4) is 18.4 Å². The van der Waals surface area contributed by atoms with Gasteiger partial charge in [0.25, 0.3) is 0 Å². The van der Waals surface area contributed by atoms with Gasteiger partial charge in [0.15, 0.2) is 0 Å². The Labute approximate surface area is 100 Å². The zero-order chi connectivity index (χ0) is 12.5. The smallest absolute Gasteiger partial charge is 0.411 e. The minimum absolute atomic E-state index is 0.0706. The van der Waals surface area contributed by atoms with Gasteiger partial charge < -0.3 is 4.74 Å². The monoisotopic (exact) mass is 228 g/mol. The molecule has 1 amide bonds. The van der Waals surface area contributed by atoms with E-state index in [1.165, 1.54) is 4.90 Å². The van der Waals surface area contributed by atoms with Crippen LogP contribution in [0.2, 0.25) is 0 Å². The van der Waals surface area contributed by atoms with Gasteiger partial charge >= 0.3 is 6.09 Å². The molecule has 0 aliphatic carbocycles. The number of carbonyl (C=O) groups is 1. The first-order valence-corrected chi connectivity index (χ1v) is 5.04. The van der Waals surface area contributed by atoms with Crippen molar-refractivity contribution >= 4 is 6.09 Å². The van der Waals surface area contributed by atoms with Crippen LogP contribution in [0.15, 0.2) is 30.3 Å². The average molecular weight is 228 g/mol. The van der Waals surface area contributed by atoms with Crippen molar-refractivity contribution in [1.29, 1.82) is 5.26 Å². The molecule has 0 heterocycles. The SMILES string of the molecule is C#CCN(CC#N)C(=O)OCc1ccccc1. The van der Waals surface area contributed by atoms with E-state index in [9.17, 15) is 4.79 Å². The number of nitriles is 1. The van der Waals surface area contributed by atoms with Crippen molar-refractivity contribution in [2.45, 2.75) is 6.61 Å². The number of terminal acetylenes is 1. The van der Waals surface area contributed by atoms with Gasteiger partial charge in [-0.3, -0.25) is 4.90 Å². The number of hydrogen-bond donors (Lipinski definition) is 0. The molecule has 17 heavy (non-hydrogen) atoms. The van der Waals surface area contributed by atoms with Crippen LogP contribution in [0.1, 0.15) is 5.56 Å². The van der Waals surface area contributed by atoms with Gasteiger partial charge in [0.2, 0.25) is 0 Å². The Morgan fingerprint density at radius 3 is 2.65 bits per heavy atom. The third-order valence-electron chi connectivity index (χ3n) is 2.01. The maximum atomic E-state index is 11.6. The fraction of sp³-hybridized carbons (Fsp3) is 0.231. The Hall–Kier alpha value is -2.46. The molecule has 0 atom stereocenters. The summed E-state index contributed by atoms with van der Waals surface area (Å²) < 4.78 is 5.04. The molecule has 0 N–H and O–H groups in total. The van der Waals surface area contributed by atoms with E-state index in [0.717, 1.165) is 5.56 Å². The molecule has 0 saturated carbocycles. The zero-order valence-electron chi connectivity index (χ0n) is 9.30. The van der Waals surface area contributed by atoms with Crippen molar-refractivity contribution in [2.75, 3.05) is 13.1 Å². The molecule has 86 valence electrons. The third kappa shape index (κ3) is 4.27. The van der Waals surface area contributed by atoms with Gasteiger partial charge in [0.1, 0.15) is 13.2 Å². The van der Waals surface area contributed by atoms with Gasteiger partial charge in [-0.15, -0.1) is 6.42 Å². The molecule has 1 aromatic carbocycles. The maximum absolute atomic E-state index is 11.6. The van der Waals surface area contributed by atoms with Crippen LogP contribution in [-0.2, 0) is 11.3 Å². The zero-order valence-corrected chi connectivity index (χ0v) is 9.30. The van der Waals surface area contributed by atoms with Gasteiger partial charge in [-0.05, 0) is 5.56 Å². The first-order valence-electron chi connectivity index (χ1n) is 5.04. The maximum Gasteiger partial charge on any atom is 0.411 e.